The first-order chi connectivity index (χ1) is 17.8. The molecule has 4 aromatic rings. The largest absolute Gasteiger partial charge is 0.573 e. The summed E-state index contributed by atoms with van der Waals surface area (Å²) >= 11 is 0. The monoisotopic (exact) mass is 534 g/mol. The maximum Gasteiger partial charge on any atom is 0.573 e. The molecule has 0 fully saturated rings. The van der Waals surface area contributed by atoms with Crippen LogP contribution in [-0.2, 0) is 0 Å². The van der Waals surface area contributed by atoms with Crippen molar-refractivity contribution < 1.29 is 51.1 Å². The third-order valence-electron chi connectivity index (χ3n) is 6.01. The molecule has 0 bridgehead atoms. The van der Waals surface area contributed by atoms with Crippen molar-refractivity contribution in [2.24, 2.45) is 0 Å². The van der Waals surface area contributed by atoms with Crippen LogP contribution in [0, 0.1) is 0 Å². The maximum absolute atomic E-state index is 12.5. The highest BCUT2D eigenvalue weighted by Gasteiger charge is 2.33. The highest BCUT2D eigenvalue weighted by molar-refractivity contribution is 5.89. The van der Waals surface area contributed by atoms with E-state index in [1.165, 1.54) is 36.4 Å². The van der Waals surface area contributed by atoms with Crippen LogP contribution in [0.4, 0.5) is 26.3 Å². The van der Waals surface area contributed by atoms with E-state index in [2.05, 4.69) is 9.47 Å². The third kappa shape index (κ3) is 4.92. The van der Waals surface area contributed by atoms with E-state index in [0.29, 0.717) is 33.4 Å². The lowest BCUT2D eigenvalue weighted by Crippen LogP contribution is -2.16. The zero-order chi connectivity index (χ0) is 27.4. The molecule has 11 heteroatoms. The van der Waals surface area contributed by atoms with Crippen LogP contribution in [0.5, 0.6) is 23.0 Å². The van der Waals surface area contributed by atoms with Gasteiger partial charge in [0.25, 0.3) is 0 Å². The third-order valence-corrected chi connectivity index (χ3v) is 6.01. The lowest BCUT2D eigenvalue weighted by molar-refractivity contribution is -0.275. The molecule has 0 spiro atoms. The summed E-state index contributed by atoms with van der Waals surface area (Å²) in [4.78, 5) is 0. The summed E-state index contributed by atoms with van der Waals surface area (Å²) in [6, 6.07) is 15.5. The first kappa shape index (κ1) is 25.3. The predicted molar refractivity (Wildman–Crippen MR) is 124 cm³/mol. The van der Waals surface area contributed by atoms with Crippen molar-refractivity contribution >= 4 is 0 Å². The molecule has 0 atom stereocenters. The zero-order valence-corrected chi connectivity index (χ0v) is 18.9. The molecule has 196 valence electrons. The van der Waals surface area contributed by atoms with Gasteiger partial charge in [-0.25, -0.2) is 0 Å². The number of rotatable bonds is 4. The number of benzene rings is 4. The number of alkyl halides is 6. The Morgan fingerprint density at radius 3 is 1.18 bits per heavy atom. The van der Waals surface area contributed by atoms with Gasteiger partial charge < -0.3 is 24.8 Å². The molecule has 3 N–H and O–H groups in total. The first-order valence-electron chi connectivity index (χ1n) is 10.9. The summed E-state index contributed by atoms with van der Waals surface area (Å²) in [5.41, 5.74) is 2.95. The fraction of sp³-hybridized carbons (Fsp3) is 0.111. The summed E-state index contributed by atoms with van der Waals surface area (Å²) in [5.74, 6) is -1.33. The number of aliphatic hydroxyl groups excluding tert-OH is 1. The van der Waals surface area contributed by atoms with Crippen molar-refractivity contribution in [3.05, 3.63) is 83.9 Å². The van der Waals surface area contributed by atoms with Crippen molar-refractivity contribution in [2.75, 3.05) is 0 Å². The minimum absolute atomic E-state index is 0.232. The minimum Gasteiger partial charge on any atom is -0.507 e. The van der Waals surface area contributed by atoms with Crippen molar-refractivity contribution in [3.8, 4) is 56.4 Å². The normalized spacial score (nSPS) is 13.2. The highest BCUT2D eigenvalue weighted by Crippen LogP contribution is 2.50. The van der Waals surface area contributed by atoms with Gasteiger partial charge in [0, 0.05) is 11.1 Å². The maximum atomic E-state index is 12.5. The molecule has 1 aliphatic carbocycles. The molecule has 38 heavy (non-hydrogen) atoms. The van der Waals surface area contributed by atoms with Gasteiger partial charge in [-0.3, -0.25) is 0 Å². The van der Waals surface area contributed by atoms with E-state index in [1.54, 1.807) is 12.1 Å². The topological polar surface area (TPSA) is 79.2 Å². The zero-order valence-electron chi connectivity index (χ0n) is 18.9. The van der Waals surface area contributed by atoms with Crippen LogP contribution >= 0.6 is 0 Å². The van der Waals surface area contributed by atoms with Crippen molar-refractivity contribution in [1.29, 1.82) is 0 Å². The van der Waals surface area contributed by atoms with Crippen LogP contribution in [0.2, 0.25) is 0 Å². The Labute approximate surface area is 210 Å². The van der Waals surface area contributed by atoms with E-state index in [0.717, 1.165) is 24.3 Å². The van der Waals surface area contributed by atoms with E-state index >= 15 is 0 Å². The van der Waals surface area contributed by atoms with Crippen molar-refractivity contribution in [1.82, 2.24) is 0 Å². The summed E-state index contributed by atoms with van der Waals surface area (Å²) in [6.07, 6.45) is -10.9. The van der Waals surface area contributed by atoms with Gasteiger partial charge in [0.1, 0.15) is 29.1 Å². The smallest absolute Gasteiger partial charge is 0.507 e. The van der Waals surface area contributed by atoms with Gasteiger partial charge in [0.2, 0.25) is 0 Å². The molecule has 0 radical (unpaired) electrons. The fourth-order valence-electron chi connectivity index (χ4n) is 4.43. The van der Waals surface area contributed by atoms with Crippen LogP contribution in [0.15, 0.2) is 72.8 Å². The molecule has 5 nitrogen and oxygen atoms in total. The van der Waals surface area contributed by atoms with Gasteiger partial charge in [-0.2, -0.15) is 0 Å². The second kappa shape index (κ2) is 8.88. The molecule has 0 unspecified atom stereocenters. The van der Waals surface area contributed by atoms with Crippen molar-refractivity contribution in [2.45, 2.75) is 18.8 Å². The van der Waals surface area contributed by atoms with E-state index in [-0.39, 0.29) is 22.6 Å². The van der Waals surface area contributed by atoms with Crippen LogP contribution in [0.1, 0.15) is 17.2 Å². The summed E-state index contributed by atoms with van der Waals surface area (Å²) in [6.45, 7) is 0. The summed E-state index contributed by atoms with van der Waals surface area (Å²) in [5, 5.41) is 32.0. The van der Waals surface area contributed by atoms with Gasteiger partial charge >= 0.3 is 12.7 Å². The van der Waals surface area contributed by atoms with E-state index in [4.69, 9.17) is 0 Å². The second-order valence-corrected chi connectivity index (χ2v) is 8.46. The number of aliphatic hydroxyl groups is 1. The van der Waals surface area contributed by atoms with E-state index in [1.807, 2.05) is 0 Å². The minimum atomic E-state index is -4.86. The number of hydrogen-bond donors (Lipinski definition) is 3. The predicted octanol–water partition coefficient (Wildman–Crippen LogP) is 7.29. The highest BCUT2D eigenvalue weighted by atomic mass is 19.4. The lowest BCUT2D eigenvalue weighted by Gasteiger charge is -2.12. The van der Waals surface area contributed by atoms with Gasteiger partial charge in [0.15, 0.2) is 0 Å². The molecule has 0 amide bonds. The standard InChI is InChI=1S/C27H16F6O5/c28-26(29,30)37-15-5-1-13(2-6-15)17-9-19-20-10-18(14-3-7-16(8-4-14)38-27(31,32)33)24(35)12-22(20)25(36)21(19)11-23(17)34/h1-12,25,34-36H. The molecule has 0 saturated heterocycles. The van der Waals surface area contributed by atoms with Crippen LogP contribution in [0.25, 0.3) is 33.4 Å². The number of hydrogen-bond acceptors (Lipinski definition) is 5. The van der Waals surface area contributed by atoms with Crippen molar-refractivity contribution in [3.63, 3.8) is 0 Å². The molecule has 1 aliphatic rings. The molecular formula is C27H16F6O5. The molecule has 0 aliphatic heterocycles. The molecule has 0 aromatic heterocycles. The average molecular weight is 534 g/mol. The quantitative estimate of drug-likeness (QED) is 0.240. The van der Waals surface area contributed by atoms with E-state index in [9.17, 15) is 41.7 Å². The number of phenolic OH excluding ortho intramolecular Hbond substituents is 2. The SMILES string of the molecule is Oc1cc2c(cc1-c1ccc(OC(F)(F)F)cc1)-c1cc(-c3ccc(OC(F)(F)F)cc3)c(O)cc1C2O. The number of halogens is 6. The molecule has 4 aromatic carbocycles. The number of fused-ring (bicyclic) bond motifs is 3. The van der Waals surface area contributed by atoms with Gasteiger partial charge in [-0.05, 0) is 81.9 Å². The Kier molecular flexibility index (Phi) is 5.90. The number of aromatic hydroxyl groups is 2. The fourth-order valence-corrected chi connectivity index (χ4v) is 4.43. The molecular weight excluding hydrogens is 518 g/mol. The lowest BCUT2D eigenvalue weighted by atomic mass is 9.95. The van der Waals surface area contributed by atoms with Crippen LogP contribution in [0.3, 0.4) is 0 Å². The Balaban J connectivity index is 1.53. The Morgan fingerprint density at radius 2 is 0.868 bits per heavy atom. The number of ether oxygens (including phenoxy) is 2. The Bertz CT molecular complexity index is 1390. The number of phenols is 2. The Morgan fingerprint density at radius 1 is 0.526 bits per heavy atom. The second-order valence-electron chi connectivity index (χ2n) is 8.46. The summed E-state index contributed by atoms with van der Waals surface area (Å²) < 4.78 is 82.6. The van der Waals surface area contributed by atoms with Crippen LogP contribution in [-0.4, -0.2) is 28.0 Å². The Hall–Kier alpha value is -4.38. The van der Waals surface area contributed by atoms with Gasteiger partial charge in [0.05, 0.1) is 0 Å². The molecule has 0 saturated carbocycles. The van der Waals surface area contributed by atoms with Crippen LogP contribution < -0.4 is 9.47 Å². The summed E-state index contributed by atoms with van der Waals surface area (Å²) in [7, 11) is 0. The average Bonchev–Trinajstić information content (AvgIpc) is 3.07. The van der Waals surface area contributed by atoms with Gasteiger partial charge in [-0.1, -0.05) is 24.3 Å². The van der Waals surface area contributed by atoms with E-state index < -0.39 is 30.3 Å². The molecule has 0 heterocycles. The first-order valence-corrected chi connectivity index (χ1v) is 10.9. The van der Waals surface area contributed by atoms with Gasteiger partial charge in [-0.15, -0.1) is 26.3 Å². The molecule has 5 rings (SSSR count).